The zero-order valence-electron chi connectivity index (χ0n) is 22.3. The molecule has 11 heteroatoms. The molecule has 0 bridgehead atoms. The van der Waals surface area contributed by atoms with Crippen LogP contribution in [0.2, 0.25) is 0 Å². The minimum absolute atomic E-state index is 0.120. The van der Waals surface area contributed by atoms with E-state index < -0.39 is 5.82 Å². The summed E-state index contributed by atoms with van der Waals surface area (Å²) < 4.78 is 32.2. The molecule has 1 aliphatic heterocycles. The Morgan fingerprint density at radius 2 is 1.95 bits per heavy atom. The second-order valence-corrected chi connectivity index (χ2v) is 9.61. The number of ether oxygens (including phenoxy) is 3. The van der Waals surface area contributed by atoms with Crippen LogP contribution in [-0.2, 0) is 19.0 Å². The van der Waals surface area contributed by atoms with Crippen LogP contribution in [0.4, 0.5) is 4.39 Å². The molecule has 4 aromatic heterocycles. The van der Waals surface area contributed by atoms with Crippen LogP contribution in [-0.4, -0.2) is 88.0 Å². The van der Waals surface area contributed by atoms with E-state index in [0.29, 0.717) is 81.4 Å². The Morgan fingerprint density at radius 3 is 2.79 bits per heavy atom. The van der Waals surface area contributed by atoms with E-state index in [9.17, 15) is 9.18 Å². The van der Waals surface area contributed by atoms with E-state index in [1.807, 2.05) is 24.1 Å². The molecule has 0 saturated carbocycles. The molecule has 0 aromatic carbocycles. The SMILES string of the molecule is CCOCCOCCOCCCC(=O)N1CCC[C@H](n2ccc3cnc(-c4c[nH]c5ncc(F)cc45)nc32)C1. The lowest BCUT2D eigenvalue weighted by molar-refractivity contribution is -0.133. The fraction of sp³-hybridized carbons (Fsp3) is 0.500. The summed E-state index contributed by atoms with van der Waals surface area (Å²) in [5.74, 6) is 0.245. The van der Waals surface area contributed by atoms with E-state index in [-0.39, 0.29) is 11.9 Å². The lowest BCUT2D eigenvalue weighted by Crippen LogP contribution is -2.40. The van der Waals surface area contributed by atoms with Gasteiger partial charge in [-0.15, -0.1) is 0 Å². The number of carbonyl (C=O) groups excluding carboxylic acids is 1. The van der Waals surface area contributed by atoms with Crippen molar-refractivity contribution in [2.75, 3.05) is 52.7 Å². The van der Waals surface area contributed by atoms with Crippen LogP contribution in [0.1, 0.15) is 38.6 Å². The summed E-state index contributed by atoms with van der Waals surface area (Å²) in [5.41, 5.74) is 2.09. The highest BCUT2D eigenvalue weighted by molar-refractivity contribution is 5.92. The molecular weight excluding hydrogens is 503 g/mol. The van der Waals surface area contributed by atoms with Crippen molar-refractivity contribution in [3.8, 4) is 11.4 Å². The summed E-state index contributed by atoms with van der Waals surface area (Å²) in [6.45, 7) is 6.78. The highest BCUT2D eigenvalue weighted by Gasteiger charge is 2.26. The van der Waals surface area contributed by atoms with Crippen molar-refractivity contribution in [2.24, 2.45) is 0 Å². The van der Waals surface area contributed by atoms with Gasteiger partial charge < -0.3 is 28.7 Å². The average Bonchev–Trinajstić information content (AvgIpc) is 3.57. The van der Waals surface area contributed by atoms with Gasteiger partial charge in [-0.1, -0.05) is 0 Å². The quantitative estimate of drug-likeness (QED) is 0.255. The normalized spacial score (nSPS) is 15.9. The van der Waals surface area contributed by atoms with Gasteiger partial charge in [-0.05, 0) is 38.3 Å². The maximum Gasteiger partial charge on any atom is 0.222 e. The molecule has 1 atom stereocenters. The minimum atomic E-state index is -0.409. The summed E-state index contributed by atoms with van der Waals surface area (Å²) in [5, 5.41) is 1.56. The van der Waals surface area contributed by atoms with Gasteiger partial charge in [0, 0.05) is 67.7 Å². The first-order valence-electron chi connectivity index (χ1n) is 13.6. The summed E-state index contributed by atoms with van der Waals surface area (Å²) in [7, 11) is 0. The number of hydrogen-bond acceptors (Lipinski definition) is 7. The molecule has 10 nitrogen and oxygen atoms in total. The van der Waals surface area contributed by atoms with Crippen molar-refractivity contribution in [3.05, 3.63) is 42.7 Å². The Morgan fingerprint density at radius 1 is 1.13 bits per heavy atom. The largest absolute Gasteiger partial charge is 0.379 e. The van der Waals surface area contributed by atoms with Crippen LogP contribution in [0.3, 0.4) is 0 Å². The van der Waals surface area contributed by atoms with Crippen molar-refractivity contribution in [3.63, 3.8) is 0 Å². The number of hydrogen-bond donors (Lipinski definition) is 1. The predicted molar refractivity (Wildman–Crippen MR) is 145 cm³/mol. The Labute approximate surface area is 226 Å². The lowest BCUT2D eigenvalue weighted by atomic mass is 10.0. The molecule has 0 aliphatic carbocycles. The van der Waals surface area contributed by atoms with E-state index in [4.69, 9.17) is 19.2 Å². The zero-order valence-corrected chi connectivity index (χ0v) is 22.3. The van der Waals surface area contributed by atoms with E-state index in [1.54, 1.807) is 12.4 Å². The topological polar surface area (TPSA) is 107 Å². The Balaban J connectivity index is 1.17. The van der Waals surface area contributed by atoms with Gasteiger partial charge in [0.15, 0.2) is 5.82 Å². The molecule has 0 radical (unpaired) electrons. The molecule has 39 heavy (non-hydrogen) atoms. The number of pyridine rings is 1. The molecule has 1 saturated heterocycles. The molecule has 208 valence electrons. The van der Waals surface area contributed by atoms with E-state index in [1.165, 1.54) is 12.3 Å². The molecule has 4 aromatic rings. The van der Waals surface area contributed by atoms with Crippen molar-refractivity contribution in [1.29, 1.82) is 0 Å². The number of piperidine rings is 1. The summed E-state index contributed by atoms with van der Waals surface area (Å²) in [4.78, 5) is 31.4. The van der Waals surface area contributed by atoms with E-state index in [0.717, 1.165) is 30.4 Å². The van der Waals surface area contributed by atoms with Crippen LogP contribution in [0, 0.1) is 5.82 Å². The molecule has 1 amide bonds. The van der Waals surface area contributed by atoms with Crippen LogP contribution in [0.5, 0.6) is 0 Å². The van der Waals surface area contributed by atoms with Crippen LogP contribution in [0.25, 0.3) is 33.5 Å². The number of aromatic amines is 1. The van der Waals surface area contributed by atoms with Crippen LogP contribution < -0.4 is 0 Å². The fourth-order valence-electron chi connectivity index (χ4n) is 5.00. The summed E-state index contributed by atoms with van der Waals surface area (Å²) >= 11 is 0. The highest BCUT2D eigenvalue weighted by atomic mass is 19.1. The maximum absolute atomic E-state index is 13.8. The van der Waals surface area contributed by atoms with Gasteiger partial charge in [0.25, 0.3) is 0 Å². The monoisotopic (exact) mass is 538 g/mol. The maximum atomic E-state index is 13.8. The Kier molecular flexibility index (Phi) is 9.12. The number of nitrogens with one attached hydrogen (secondary N) is 1. The van der Waals surface area contributed by atoms with Gasteiger partial charge >= 0.3 is 0 Å². The second-order valence-electron chi connectivity index (χ2n) is 9.61. The van der Waals surface area contributed by atoms with E-state index in [2.05, 4.69) is 19.5 Å². The number of rotatable bonds is 13. The molecule has 0 spiro atoms. The Hall–Kier alpha value is -3.41. The summed E-state index contributed by atoms with van der Waals surface area (Å²) in [6.07, 6.45) is 9.77. The van der Waals surface area contributed by atoms with Crippen LogP contribution in [0.15, 0.2) is 36.9 Å². The molecule has 1 N–H and O–H groups in total. The molecular formula is C28H35FN6O4. The number of aromatic nitrogens is 5. The highest BCUT2D eigenvalue weighted by Crippen LogP contribution is 2.30. The molecule has 1 aliphatic rings. The van der Waals surface area contributed by atoms with Crippen molar-refractivity contribution < 1.29 is 23.4 Å². The summed E-state index contributed by atoms with van der Waals surface area (Å²) in [6, 6.07) is 3.55. The third-order valence-electron chi connectivity index (χ3n) is 6.96. The number of likely N-dealkylation sites (tertiary alicyclic amines) is 1. The number of halogens is 1. The van der Waals surface area contributed by atoms with Gasteiger partial charge in [0.1, 0.15) is 17.1 Å². The zero-order chi connectivity index (χ0) is 27.0. The van der Waals surface area contributed by atoms with Gasteiger partial charge in [-0.2, -0.15) is 0 Å². The Bertz CT molecular complexity index is 1390. The fourth-order valence-corrected chi connectivity index (χ4v) is 5.00. The first-order chi connectivity index (χ1) is 19.1. The minimum Gasteiger partial charge on any atom is -0.379 e. The van der Waals surface area contributed by atoms with Crippen LogP contribution >= 0.6 is 0 Å². The smallest absolute Gasteiger partial charge is 0.222 e. The van der Waals surface area contributed by atoms with E-state index >= 15 is 0 Å². The number of H-pyrrole nitrogens is 1. The number of amides is 1. The van der Waals surface area contributed by atoms with Gasteiger partial charge in [0.2, 0.25) is 5.91 Å². The number of fused-ring (bicyclic) bond motifs is 2. The lowest BCUT2D eigenvalue weighted by Gasteiger charge is -2.34. The van der Waals surface area contributed by atoms with Crippen molar-refractivity contribution >= 4 is 28.0 Å². The number of nitrogens with zero attached hydrogens (tertiary/aromatic N) is 5. The first-order valence-corrected chi connectivity index (χ1v) is 13.6. The van der Waals surface area contributed by atoms with Crippen molar-refractivity contribution in [2.45, 2.75) is 38.6 Å². The first kappa shape index (κ1) is 27.2. The molecule has 0 unspecified atom stereocenters. The predicted octanol–water partition coefficient (Wildman–Crippen LogP) is 4.13. The molecule has 5 heterocycles. The third-order valence-corrected chi connectivity index (χ3v) is 6.96. The standard InChI is InChI=1S/C28H35FN6O4/c1-2-37-11-12-39-14-13-38-10-4-6-25(36)34-8-3-5-22(19-34)35-9-7-20-16-30-27(33-28(20)35)24-18-32-26-23(24)15-21(29)17-31-26/h7,9,15-18,22H,2-6,8,10-14,19H2,1H3,(H,31,32)/t22-/m0/s1. The van der Waals surface area contributed by atoms with Gasteiger partial charge in [0.05, 0.1) is 38.7 Å². The molecule has 1 fully saturated rings. The third kappa shape index (κ3) is 6.60. The number of carbonyl (C=O) groups is 1. The van der Waals surface area contributed by atoms with Crippen molar-refractivity contribution in [1.82, 2.24) is 29.4 Å². The average molecular weight is 539 g/mol. The van der Waals surface area contributed by atoms with Gasteiger partial charge in [-0.25, -0.2) is 19.3 Å². The second kappa shape index (κ2) is 13.1. The molecule has 5 rings (SSSR count). The van der Waals surface area contributed by atoms with Gasteiger partial charge in [-0.3, -0.25) is 4.79 Å².